The molecule has 0 aromatic carbocycles. The number of methoxy groups -OCH3 is 1. The highest BCUT2D eigenvalue weighted by Crippen LogP contribution is 2.36. The third-order valence-electron chi connectivity index (χ3n) is 6.28. The van der Waals surface area contributed by atoms with Crippen molar-refractivity contribution in [1.29, 1.82) is 0 Å². The Labute approximate surface area is 223 Å². The number of aromatic nitrogens is 2. The molecule has 2 aliphatic heterocycles. The third-order valence-corrected chi connectivity index (χ3v) is 7.16. The van der Waals surface area contributed by atoms with Crippen LogP contribution in [0.3, 0.4) is 0 Å². The second kappa shape index (κ2) is 12.0. The van der Waals surface area contributed by atoms with Crippen LogP contribution in [0, 0.1) is 23.7 Å². The molecule has 2 aromatic rings. The van der Waals surface area contributed by atoms with Gasteiger partial charge in [0.15, 0.2) is 10.5 Å². The van der Waals surface area contributed by atoms with Crippen LogP contribution in [0.1, 0.15) is 48.2 Å². The normalized spacial score (nSPS) is 19.3. The summed E-state index contributed by atoms with van der Waals surface area (Å²) >= 11 is 1.29. The van der Waals surface area contributed by atoms with Crippen molar-refractivity contribution in [1.82, 2.24) is 20.7 Å². The Balaban J connectivity index is 1.40. The van der Waals surface area contributed by atoms with Crippen LogP contribution in [0.25, 0.3) is 11.1 Å². The van der Waals surface area contributed by atoms with Gasteiger partial charge in [-0.1, -0.05) is 11.8 Å². The first kappa shape index (κ1) is 26.2. The van der Waals surface area contributed by atoms with Crippen LogP contribution < -0.4 is 20.2 Å². The summed E-state index contributed by atoms with van der Waals surface area (Å²) in [6.07, 6.45) is 3.77. The van der Waals surface area contributed by atoms with Gasteiger partial charge >= 0.3 is 0 Å². The summed E-state index contributed by atoms with van der Waals surface area (Å²) in [6, 6.07) is 2.78. The van der Waals surface area contributed by atoms with Crippen molar-refractivity contribution in [2.75, 3.05) is 26.9 Å². The van der Waals surface area contributed by atoms with Crippen molar-refractivity contribution in [3.63, 3.8) is 0 Å². The molecule has 3 aliphatic rings. The van der Waals surface area contributed by atoms with Crippen molar-refractivity contribution < 1.29 is 27.8 Å². The maximum absolute atomic E-state index is 13.5. The van der Waals surface area contributed by atoms with Gasteiger partial charge in [-0.15, -0.1) is 0 Å². The molecule has 2 fully saturated rings. The molecule has 1 aliphatic carbocycles. The highest BCUT2D eigenvalue weighted by Gasteiger charge is 2.25. The second-order valence-electron chi connectivity index (χ2n) is 9.11. The molecule has 38 heavy (non-hydrogen) atoms. The molecule has 1 saturated heterocycles. The van der Waals surface area contributed by atoms with Gasteiger partial charge in [0, 0.05) is 42.5 Å². The van der Waals surface area contributed by atoms with E-state index >= 15 is 0 Å². The number of rotatable bonds is 7. The largest absolute Gasteiger partial charge is 0.494 e. The summed E-state index contributed by atoms with van der Waals surface area (Å²) < 4.78 is 43.8. The molecular formula is C26H27F2N5O4S. The van der Waals surface area contributed by atoms with Gasteiger partial charge in [-0.25, -0.2) is 13.8 Å². The van der Waals surface area contributed by atoms with Crippen LogP contribution >= 0.6 is 11.8 Å². The molecular weight excluding hydrogens is 516 g/mol. The number of alkyl halides is 2. The molecule has 0 bridgehead atoms. The number of nitrogens with one attached hydrogen (secondary N) is 2. The average Bonchev–Trinajstić information content (AvgIpc) is 3.67. The van der Waals surface area contributed by atoms with E-state index in [4.69, 9.17) is 14.2 Å². The minimum absolute atomic E-state index is 0.143. The molecule has 200 valence electrons. The topological polar surface area (TPSA) is 107 Å². The number of hydrazone groups is 1. The van der Waals surface area contributed by atoms with Gasteiger partial charge in [-0.3, -0.25) is 20.5 Å². The molecule has 1 amide bonds. The predicted octanol–water partition coefficient (Wildman–Crippen LogP) is 3.97. The quantitative estimate of drug-likeness (QED) is 0.506. The maximum Gasteiger partial charge on any atom is 0.280 e. The first-order valence-electron chi connectivity index (χ1n) is 12.4. The monoisotopic (exact) mass is 543 g/mol. The Morgan fingerprint density at radius 1 is 1.18 bits per heavy atom. The van der Waals surface area contributed by atoms with Gasteiger partial charge in [0.1, 0.15) is 11.4 Å². The zero-order chi connectivity index (χ0) is 26.5. The lowest BCUT2D eigenvalue weighted by Gasteiger charge is -2.22. The number of halogens is 2. The number of carbonyl (C=O) groups is 1. The van der Waals surface area contributed by atoms with E-state index in [1.165, 1.54) is 37.3 Å². The zero-order valence-electron chi connectivity index (χ0n) is 20.7. The predicted molar refractivity (Wildman–Crippen MR) is 138 cm³/mol. The van der Waals surface area contributed by atoms with Crippen molar-refractivity contribution in [3.8, 4) is 34.6 Å². The Morgan fingerprint density at radius 2 is 2.00 bits per heavy atom. The van der Waals surface area contributed by atoms with Crippen LogP contribution in [0.15, 0.2) is 29.6 Å². The summed E-state index contributed by atoms with van der Waals surface area (Å²) in [5.74, 6) is 7.04. The van der Waals surface area contributed by atoms with E-state index in [1.54, 1.807) is 6.07 Å². The van der Waals surface area contributed by atoms with Crippen LogP contribution in [0.5, 0.6) is 11.6 Å². The van der Waals surface area contributed by atoms with E-state index in [0.717, 1.165) is 25.7 Å². The van der Waals surface area contributed by atoms with E-state index in [-0.39, 0.29) is 28.1 Å². The van der Waals surface area contributed by atoms with E-state index in [1.807, 2.05) is 0 Å². The second-order valence-corrected chi connectivity index (χ2v) is 10.2. The lowest BCUT2D eigenvalue weighted by Crippen LogP contribution is -2.28. The fourth-order valence-corrected chi connectivity index (χ4v) is 4.69. The van der Waals surface area contributed by atoms with Gasteiger partial charge in [-0.05, 0) is 49.4 Å². The fraction of sp³-hybridized carbons (Fsp3) is 0.462. The first-order chi connectivity index (χ1) is 18.5. The Morgan fingerprint density at radius 3 is 2.74 bits per heavy atom. The molecule has 4 heterocycles. The number of hydrogen-bond acceptors (Lipinski definition) is 9. The van der Waals surface area contributed by atoms with Crippen molar-refractivity contribution in [2.45, 2.75) is 37.5 Å². The molecule has 12 heteroatoms. The van der Waals surface area contributed by atoms with Gasteiger partial charge in [-0.2, -0.15) is 5.10 Å². The van der Waals surface area contributed by atoms with E-state index in [2.05, 4.69) is 37.7 Å². The minimum Gasteiger partial charge on any atom is -0.494 e. The number of pyridine rings is 2. The van der Waals surface area contributed by atoms with Crippen LogP contribution in [-0.2, 0) is 4.74 Å². The highest BCUT2D eigenvalue weighted by molar-refractivity contribution is 8.14. The molecule has 9 nitrogen and oxygen atoms in total. The maximum atomic E-state index is 13.5. The van der Waals surface area contributed by atoms with Crippen LogP contribution in [0.4, 0.5) is 8.78 Å². The van der Waals surface area contributed by atoms with Gasteiger partial charge in [0.05, 0.1) is 25.5 Å². The lowest BCUT2D eigenvalue weighted by molar-refractivity contribution is 0.0490. The number of ether oxygens (including phenoxy) is 3. The Hall–Kier alpha value is -3.43. The van der Waals surface area contributed by atoms with Crippen molar-refractivity contribution >= 4 is 22.8 Å². The number of thioether (sulfide) groups is 1. The van der Waals surface area contributed by atoms with E-state index in [9.17, 15) is 13.6 Å². The molecule has 1 atom stereocenters. The average molecular weight is 544 g/mol. The number of carbonyl (C=O) groups excluding carboxylic acids is 1. The molecule has 5 rings (SSSR count). The lowest BCUT2D eigenvalue weighted by atomic mass is 10.00. The van der Waals surface area contributed by atoms with Crippen molar-refractivity contribution in [3.05, 3.63) is 35.8 Å². The Kier molecular flexibility index (Phi) is 8.24. The summed E-state index contributed by atoms with van der Waals surface area (Å²) in [5.41, 5.74) is 3.19. The summed E-state index contributed by atoms with van der Waals surface area (Å²) in [6.45, 7) is 1.79. The number of amides is 1. The zero-order valence-corrected chi connectivity index (χ0v) is 21.5. The molecule has 2 aromatic heterocycles. The first-order valence-corrected chi connectivity index (χ1v) is 13.2. The molecule has 2 N–H and O–H groups in total. The molecule has 1 unspecified atom stereocenters. The van der Waals surface area contributed by atoms with Gasteiger partial charge < -0.3 is 14.2 Å². The summed E-state index contributed by atoms with van der Waals surface area (Å²) in [4.78, 5) is 21.4. The van der Waals surface area contributed by atoms with Crippen LogP contribution in [0.2, 0.25) is 0 Å². The summed E-state index contributed by atoms with van der Waals surface area (Å²) in [5, 5.41) is 7.02. The smallest absolute Gasteiger partial charge is 0.280 e. The van der Waals surface area contributed by atoms with Gasteiger partial charge in [0.2, 0.25) is 5.88 Å². The SMILES string of the molecule is COc1cnc(C(F)F)cc1-c1cc(OCC2CCOCC2)ncc1C(=O)NC1=NNC(C#CC2CC2)S1. The molecule has 0 spiro atoms. The summed E-state index contributed by atoms with van der Waals surface area (Å²) in [7, 11) is 1.41. The van der Waals surface area contributed by atoms with Gasteiger partial charge in [0.25, 0.3) is 12.3 Å². The highest BCUT2D eigenvalue weighted by atomic mass is 32.2. The Bertz CT molecular complexity index is 1270. The van der Waals surface area contributed by atoms with E-state index < -0.39 is 18.0 Å². The molecule has 0 radical (unpaired) electrons. The number of nitrogens with zero attached hydrogens (tertiary/aromatic N) is 3. The standard InChI is InChI=1S/C26H27F2N5O4S/c1-35-21-13-29-20(24(27)28)10-18(21)17-11-22(37-14-16-6-8-36-9-7-16)30-12-19(17)25(34)31-26-33-32-23(38-26)5-4-15-2-3-15/h10-13,15-16,23-24,32H,2-3,6-9,14H2,1H3,(H,31,33,34). The van der Waals surface area contributed by atoms with Crippen LogP contribution in [-0.4, -0.2) is 53.3 Å². The number of hydrogen-bond donors (Lipinski definition) is 2. The number of amidine groups is 1. The third kappa shape index (κ3) is 6.52. The minimum atomic E-state index is -2.80. The van der Waals surface area contributed by atoms with Crippen molar-refractivity contribution in [2.24, 2.45) is 16.9 Å². The fourth-order valence-electron chi connectivity index (χ4n) is 3.97. The molecule has 1 saturated carbocycles. The van der Waals surface area contributed by atoms with E-state index in [0.29, 0.717) is 42.4 Å².